The molecular weight excluding hydrogens is 250 g/mol. The normalized spacial score (nSPS) is 16.3. The zero-order chi connectivity index (χ0) is 13.7. The first-order valence-corrected chi connectivity index (χ1v) is 6.28. The summed E-state index contributed by atoms with van der Waals surface area (Å²) in [7, 11) is 0. The van der Waals surface area contributed by atoms with Gasteiger partial charge in [-0.1, -0.05) is 6.07 Å². The molecule has 19 heavy (non-hydrogen) atoms. The van der Waals surface area contributed by atoms with Crippen LogP contribution in [-0.2, 0) is 9.47 Å². The first-order valence-electron chi connectivity index (χ1n) is 6.28. The van der Waals surface area contributed by atoms with Crippen LogP contribution in [-0.4, -0.2) is 31.0 Å². The van der Waals surface area contributed by atoms with Gasteiger partial charge in [-0.05, 0) is 19.4 Å². The zero-order valence-corrected chi connectivity index (χ0v) is 10.8. The molecule has 1 aliphatic heterocycles. The number of benzene rings is 1. The predicted molar refractivity (Wildman–Crippen MR) is 68.3 cm³/mol. The van der Waals surface area contributed by atoms with Crippen LogP contribution < -0.4 is 4.74 Å². The first-order chi connectivity index (χ1) is 9.18. The minimum Gasteiger partial charge on any atom is -0.493 e. The molecule has 1 fully saturated rings. The van der Waals surface area contributed by atoms with Crippen molar-refractivity contribution in [1.82, 2.24) is 0 Å². The van der Waals surface area contributed by atoms with Crippen LogP contribution in [0.1, 0.15) is 18.4 Å². The topological polar surface area (TPSA) is 70.8 Å². The van der Waals surface area contributed by atoms with Gasteiger partial charge in [0, 0.05) is 12.5 Å². The van der Waals surface area contributed by atoms with Gasteiger partial charge in [0.05, 0.1) is 30.3 Å². The second-order valence-electron chi connectivity index (χ2n) is 4.32. The molecule has 1 aliphatic rings. The van der Waals surface area contributed by atoms with Crippen molar-refractivity contribution in [3.8, 4) is 5.75 Å². The molecule has 0 atom stereocenters. The third kappa shape index (κ3) is 3.65. The number of rotatable bonds is 5. The minimum atomic E-state index is -0.407. The Morgan fingerprint density at radius 2 is 2.16 bits per heavy atom. The fourth-order valence-electron chi connectivity index (χ4n) is 1.93. The van der Waals surface area contributed by atoms with E-state index in [0.29, 0.717) is 37.6 Å². The van der Waals surface area contributed by atoms with Gasteiger partial charge in [0.1, 0.15) is 5.75 Å². The number of nitro groups is 1. The van der Waals surface area contributed by atoms with Crippen LogP contribution in [0.5, 0.6) is 5.75 Å². The lowest BCUT2D eigenvalue weighted by Gasteiger charge is -2.23. The van der Waals surface area contributed by atoms with Crippen molar-refractivity contribution >= 4 is 5.69 Å². The van der Waals surface area contributed by atoms with Crippen LogP contribution >= 0.6 is 0 Å². The third-order valence-corrected chi connectivity index (χ3v) is 2.96. The van der Waals surface area contributed by atoms with Crippen LogP contribution in [0.3, 0.4) is 0 Å². The van der Waals surface area contributed by atoms with E-state index in [0.717, 1.165) is 6.42 Å². The smallest absolute Gasteiger partial charge is 0.276 e. The van der Waals surface area contributed by atoms with Crippen LogP contribution in [0.2, 0.25) is 0 Å². The van der Waals surface area contributed by atoms with E-state index in [1.54, 1.807) is 19.1 Å². The summed E-state index contributed by atoms with van der Waals surface area (Å²) in [6.45, 7) is 3.51. The molecule has 0 unspecified atom stereocenters. The van der Waals surface area contributed by atoms with E-state index in [4.69, 9.17) is 14.2 Å². The minimum absolute atomic E-state index is 0.0719. The van der Waals surface area contributed by atoms with Crippen molar-refractivity contribution in [3.05, 3.63) is 33.9 Å². The highest BCUT2D eigenvalue weighted by Crippen LogP contribution is 2.27. The maximum atomic E-state index is 10.8. The van der Waals surface area contributed by atoms with Crippen LogP contribution in [0.25, 0.3) is 0 Å². The summed E-state index contributed by atoms with van der Waals surface area (Å²) in [5, 5.41) is 10.8. The van der Waals surface area contributed by atoms with E-state index in [1.807, 2.05) is 0 Å². The summed E-state index contributed by atoms with van der Waals surface area (Å²) in [5.74, 6) is 0.532. The molecule has 0 aromatic heterocycles. The Morgan fingerprint density at radius 1 is 1.42 bits per heavy atom. The molecule has 0 bridgehead atoms. The Bertz CT molecular complexity index is 443. The van der Waals surface area contributed by atoms with Crippen molar-refractivity contribution in [2.75, 3.05) is 19.8 Å². The number of hydrogen-bond donors (Lipinski definition) is 0. The summed E-state index contributed by atoms with van der Waals surface area (Å²) >= 11 is 0. The molecule has 1 aromatic rings. The molecule has 0 amide bonds. The van der Waals surface area contributed by atoms with Crippen LogP contribution in [0.15, 0.2) is 18.2 Å². The molecule has 1 saturated heterocycles. The molecule has 0 radical (unpaired) electrons. The molecule has 0 saturated carbocycles. The van der Waals surface area contributed by atoms with E-state index in [9.17, 15) is 10.1 Å². The lowest BCUT2D eigenvalue weighted by atomic mass is 10.2. The van der Waals surface area contributed by atoms with Crippen LogP contribution in [0.4, 0.5) is 5.69 Å². The lowest BCUT2D eigenvalue weighted by Crippen LogP contribution is -2.26. The SMILES string of the molecule is Cc1c(OCCC2OCCCO2)cccc1[N+](=O)[O-]. The zero-order valence-electron chi connectivity index (χ0n) is 10.8. The van der Waals surface area contributed by atoms with Gasteiger partial charge in [-0.15, -0.1) is 0 Å². The maximum absolute atomic E-state index is 10.8. The van der Waals surface area contributed by atoms with Gasteiger partial charge in [-0.3, -0.25) is 10.1 Å². The quantitative estimate of drug-likeness (QED) is 0.605. The van der Waals surface area contributed by atoms with E-state index in [2.05, 4.69) is 0 Å². The van der Waals surface area contributed by atoms with E-state index < -0.39 is 4.92 Å². The van der Waals surface area contributed by atoms with E-state index in [-0.39, 0.29) is 12.0 Å². The number of nitrogens with zero attached hydrogens (tertiary/aromatic N) is 1. The van der Waals surface area contributed by atoms with Crippen molar-refractivity contribution < 1.29 is 19.1 Å². The van der Waals surface area contributed by atoms with Crippen molar-refractivity contribution in [2.24, 2.45) is 0 Å². The number of hydrogen-bond acceptors (Lipinski definition) is 5. The van der Waals surface area contributed by atoms with Gasteiger partial charge >= 0.3 is 0 Å². The summed E-state index contributed by atoms with van der Waals surface area (Å²) in [6.07, 6.45) is 1.30. The molecule has 104 valence electrons. The fourth-order valence-corrected chi connectivity index (χ4v) is 1.93. The number of ether oxygens (including phenoxy) is 3. The van der Waals surface area contributed by atoms with Crippen LogP contribution in [0, 0.1) is 17.0 Å². The average Bonchev–Trinajstić information content (AvgIpc) is 2.41. The largest absolute Gasteiger partial charge is 0.493 e. The van der Waals surface area contributed by atoms with Crippen molar-refractivity contribution in [1.29, 1.82) is 0 Å². The monoisotopic (exact) mass is 267 g/mol. The molecule has 2 rings (SSSR count). The van der Waals surface area contributed by atoms with Gasteiger partial charge in [0.25, 0.3) is 5.69 Å². The first kappa shape index (κ1) is 13.8. The predicted octanol–water partition coefficient (Wildman–Crippen LogP) is 2.44. The molecular formula is C13H17NO5. The Hall–Kier alpha value is -1.66. The highest BCUT2D eigenvalue weighted by molar-refractivity contribution is 5.48. The molecule has 6 nitrogen and oxygen atoms in total. The molecule has 0 spiro atoms. The second kappa shape index (κ2) is 6.49. The van der Waals surface area contributed by atoms with Gasteiger partial charge in [-0.25, -0.2) is 0 Å². The fraction of sp³-hybridized carbons (Fsp3) is 0.538. The third-order valence-electron chi connectivity index (χ3n) is 2.96. The summed E-state index contributed by atoms with van der Waals surface area (Å²) in [6, 6.07) is 4.81. The van der Waals surface area contributed by atoms with Gasteiger partial charge in [0.2, 0.25) is 0 Å². The molecule has 6 heteroatoms. The van der Waals surface area contributed by atoms with E-state index in [1.165, 1.54) is 6.07 Å². The molecule has 0 N–H and O–H groups in total. The molecule has 1 aromatic carbocycles. The molecule has 0 aliphatic carbocycles. The molecule has 1 heterocycles. The summed E-state index contributed by atoms with van der Waals surface area (Å²) in [4.78, 5) is 10.4. The average molecular weight is 267 g/mol. The Morgan fingerprint density at radius 3 is 2.84 bits per heavy atom. The number of nitro benzene ring substituents is 1. The summed E-state index contributed by atoms with van der Waals surface area (Å²) in [5.41, 5.74) is 0.612. The Labute approximate surface area is 111 Å². The van der Waals surface area contributed by atoms with Gasteiger partial charge in [-0.2, -0.15) is 0 Å². The van der Waals surface area contributed by atoms with Gasteiger partial charge < -0.3 is 14.2 Å². The Balaban J connectivity index is 1.88. The lowest BCUT2D eigenvalue weighted by molar-refractivity contribution is -0.385. The highest BCUT2D eigenvalue weighted by Gasteiger charge is 2.16. The maximum Gasteiger partial charge on any atom is 0.276 e. The van der Waals surface area contributed by atoms with E-state index >= 15 is 0 Å². The van der Waals surface area contributed by atoms with Gasteiger partial charge in [0.15, 0.2) is 6.29 Å². The van der Waals surface area contributed by atoms with Crippen molar-refractivity contribution in [2.45, 2.75) is 26.1 Å². The van der Waals surface area contributed by atoms with Crippen molar-refractivity contribution in [3.63, 3.8) is 0 Å². The Kier molecular flexibility index (Phi) is 4.70. The second-order valence-corrected chi connectivity index (χ2v) is 4.32. The summed E-state index contributed by atoms with van der Waals surface area (Å²) < 4.78 is 16.4. The highest BCUT2D eigenvalue weighted by atomic mass is 16.7. The standard InChI is InChI=1S/C13H17NO5/c1-10-11(14(15)16)4-2-5-12(10)17-9-6-13-18-7-3-8-19-13/h2,4-5,13H,3,6-9H2,1H3.